The first-order chi connectivity index (χ1) is 16.2. The lowest BCUT2D eigenvalue weighted by Gasteiger charge is -2.38. The molecular formula is C31H44FN. The van der Waals surface area contributed by atoms with E-state index in [0.717, 1.165) is 36.5 Å². The number of hydrogen-bond donors (Lipinski definition) is 0. The van der Waals surface area contributed by atoms with Crippen LogP contribution in [0.25, 0.3) is 0 Å². The molecular weight excluding hydrogens is 405 g/mol. The van der Waals surface area contributed by atoms with Crippen LogP contribution in [0.4, 0.5) is 4.39 Å². The molecule has 2 heteroatoms. The molecule has 1 aromatic rings. The fourth-order valence-electron chi connectivity index (χ4n) is 6.22. The fourth-order valence-corrected chi connectivity index (χ4v) is 6.22. The number of aryl methyl sites for hydroxylation is 2. The van der Waals surface area contributed by atoms with Gasteiger partial charge in [-0.05, 0) is 98.7 Å². The van der Waals surface area contributed by atoms with Crippen LogP contribution >= 0.6 is 0 Å². The summed E-state index contributed by atoms with van der Waals surface area (Å²) in [7, 11) is 0. The van der Waals surface area contributed by atoms with Crippen LogP contribution < -0.4 is 0 Å². The Morgan fingerprint density at radius 2 is 1.45 bits per heavy atom. The first kappa shape index (κ1) is 25.7. The van der Waals surface area contributed by atoms with E-state index in [1.807, 2.05) is 6.08 Å². The van der Waals surface area contributed by atoms with Gasteiger partial charge in [0.15, 0.2) is 5.83 Å². The maximum Gasteiger partial charge on any atom is 0.199 e. The normalized spacial score (nSPS) is 26.4. The SMILES string of the molecule is CCc1ccc(CCCCC2CCC(C3CCC(CC/C=C/C=C(\F)C#N)CC3)CC2)cc1. The number of hydrogen-bond acceptors (Lipinski definition) is 1. The molecule has 1 nitrogen and oxygen atoms in total. The minimum atomic E-state index is -0.709. The lowest BCUT2D eigenvalue weighted by Crippen LogP contribution is -2.25. The third-order valence-electron chi connectivity index (χ3n) is 8.44. The van der Waals surface area contributed by atoms with Crippen molar-refractivity contribution in [3.05, 3.63) is 59.4 Å². The van der Waals surface area contributed by atoms with Crippen molar-refractivity contribution >= 4 is 0 Å². The largest absolute Gasteiger partial charge is 0.199 e. The van der Waals surface area contributed by atoms with Crippen LogP contribution in [0.3, 0.4) is 0 Å². The quantitative estimate of drug-likeness (QED) is 0.187. The van der Waals surface area contributed by atoms with Gasteiger partial charge in [0.2, 0.25) is 0 Å². The van der Waals surface area contributed by atoms with Crippen LogP contribution in [0.1, 0.15) is 102 Å². The molecule has 0 bridgehead atoms. The molecule has 33 heavy (non-hydrogen) atoms. The zero-order valence-electron chi connectivity index (χ0n) is 20.8. The highest BCUT2D eigenvalue weighted by atomic mass is 19.1. The molecule has 0 aromatic heterocycles. The van der Waals surface area contributed by atoms with E-state index in [4.69, 9.17) is 5.26 Å². The average Bonchev–Trinajstić information content (AvgIpc) is 2.87. The molecule has 0 spiro atoms. The van der Waals surface area contributed by atoms with Gasteiger partial charge in [-0.1, -0.05) is 81.9 Å². The molecule has 0 aliphatic heterocycles. The Hall–Kier alpha value is -1.88. The van der Waals surface area contributed by atoms with Crippen molar-refractivity contribution in [2.75, 3.05) is 0 Å². The van der Waals surface area contributed by atoms with Gasteiger partial charge in [0.25, 0.3) is 0 Å². The van der Waals surface area contributed by atoms with Crippen molar-refractivity contribution in [1.29, 1.82) is 5.26 Å². The highest BCUT2D eigenvalue weighted by Crippen LogP contribution is 2.43. The maximum absolute atomic E-state index is 12.8. The van der Waals surface area contributed by atoms with Crippen molar-refractivity contribution < 1.29 is 4.39 Å². The molecule has 0 radical (unpaired) electrons. The topological polar surface area (TPSA) is 23.8 Å². The van der Waals surface area contributed by atoms with Crippen LogP contribution in [0.15, 0.2) is 48.3 Å². The standard InChI is InChI=1S/C31H44FN/c1-2-25-12-14-26(15-13-25)9-6-7-10-28-18-22-30(23-19-28)29-20-16-27(17-21-29)8-4-3-5-11-31(32)24-33/h3,5,11-15,27-30H,2,4,6-10,16-23H2,1H3/b5-3+,31-11-. The van der Waals surface area contributed by atoms with Crippen LogP contribution in [0.5, 0.6) is 0 Å². The van der Waals surface area contributed by atoms with Gasteiger partial charge in [-0.2, -0.15) is 9.65 Å². The van der Waals surface area contributed by atoms with Crippen molar-refractivity contribution in [3.63, 3.8) is 0 Å². The zero-order chi connectivity index (χ0) is 23.3. The van der Waals surface area contributed by atoms with Crippen molar-refractivity contribution in [3.8, 4) is 6.07 Å². The smallest absolute Gasteiger partial charge is 0.195 e. The number of allylic oxidation sites excluding steroid dienone is 4. The van der Waals surface area contributed by atoms with Crippen LogP contribution in [-0.2, 0) is 12.8 Å². The molecule has 0 saturated heterocycles. The Balaban J connectivity index is 1.24. The molecule has 2 saturated carbocycles. The van der Waals surface area contributed by atoms with E-state index in [9.17, 15) is 4.39 Å². The second-order valence-electron chi connectivity index (χ2n) is 10.6. The van der Waals surface area contributed by atoms with Crippen molar-refractivity contribution in [1.82, 2.24) is 0 Å². The molecule has 0 amide bonds. The highest BCUT2D eigenvalue weighted by molar-refractivity contribution is 5.22. The molecule has 0 unspecified atom stereocenters. The van der Waals surface area contributed by atoms with E-state index < -0.39 is 5.83 Å². The highest BCUT2D eigenvalue weighted by Gasteiger charge is 2.30. The van der Waals surface area contributed by atoms with Crippen LogP contribution in [0, 0.1) is 35.0 Å². The predicted octanol–water partition coefficient (Wildman–Crippen LogP) is 9.29. The number of benzene rings is 1. The first-order valence-corrected chi connectivity index (χ1v) is 13.7. The summed E-state index contributed by atoms with van der Waals surface area (Å²) in [5, 5.41) is 8.42. The molecule has 2 aliphatic carbocycles. The number of nitrogens with zero attached hydrogens (tertiary/aromatic N) is 1. The summed E-state index contributed by atoms with van der Waals surface area (Å²) in [6, 6.07) is 10.7. The van der Waals surface area contributed by atoms with Gasteiger partial charge in [-0.15, -0.1) is 0 Å². The number of unbranched alkanes of at least 4 members (excludes halogenated alkanes) is 1. The Labute approximate surface area is 202 Å². The monoisotopic (exact) mass is 449 g/mol. The Morgan fingerprint density at radius 3 is 2.03 bits per heavy atom. The molecule has 0 heterocycles. The van der Waals surface area contributed by atoms with Crippen LogP contribution in [-0.4, -0.2) is 0 Å². The second kappa shape index (κ2) is 14.4. The summed E-state index contributed by atoms with van der Waals surface area (Å²) in [5.41, 5.74) is 2.95. The fraction of sp³-hybridized carbons (Fsp3) is 0.645. The van der Waals surface area contributed by atoms with E-state index in [1.165, 1.54) is 107 Å². The van der Waals surface area contributed by atoms with E-state index in [-0.39, 0.29) is 0 Å². The molecule has 2 fully saturated rings. The average molecular weight is 450 g/mol. The van der Waals surface area contributed by atoms with Crippen molar-refractivity contribution in [2.45, 2.75) is 103 Å². The summed E-state index contributed by atoms with van der Waals surface area (Å²) >= 11 is 0. The number of nitriles is 1. The summed E-state index contributed by atoms with van der Waals surface area (Å²) in [4.78, 5) is 0. The Bertz CT molecular complexity index is 768. The molecule has 3 rings (SSSR count). The minimum Gasteiger partial charge on any atom is -0.195 e. The van der Waals surface area contributed by atoms with E-state index >= 15 is 0 Å². The molecule has 180 valence electrons. The third-order valence-corrected chi connectivity index (χ3v) is 8.44. The van der Waals surface area contributed by atoms with Gasteiger partial charge in [0.1, 0.15) is 6.07 Å². The summed E-state index contributed by atoms with van der Waals surface area (Å²) in [6.07, 6.45) is 25.2. The summed E-state index contributed by atoms with van der Waals surface area (Å²) in [6.45, 7) is 2.22. The predicted molar refractivity (Wildman–Crippen MR) is 137 cm³/mol. The summed E-state index contributed by atoms with van der Waals surface area (Å²) in [5.74, 6) is 3.06. The zero-order valence-corrected chi connectivity index (χ0v) is 20.8. The maximum atomic E-state index is 12.8. The Kier molecular flexibility index (Phi) is 11.2. The van der Waals surface area contributed by atoms with E-state index in [2.05, 4.69) is 31.2 Å². The summed E-state index contributed by atoms with van der Waals surface area (Å²) < 4.78 is 12.8. The lowest BCUT2D eigenvalue weighted by molar-refractivity contribution is 0.140. The minimum absolute atomic E-state index is 0.709. The molecule has 1 aromatic carbocycles. The van der Waals surface area contributed by atoms with Gasteiger partial charge in [0.05, 0.1) is 0 Å². The number of rotatable bonds is 11. The van der Waals surface area contributed by atoms with Crippen molar-refractivity contribution in [2.24, 2.45) is 23.7 Å². The van der Waals surface area contributed by atoms with Gasteiger partial charge in [-0.25, -0.2) is 0 Å². The van der Waals surface area contributed by atoms with E-state index in [1.54, 1.807) is 6.08 Å². The van der Waals surface area contributed by atoms with Gasteiger partial charge >= 0.3 is 0 Å². The van der Waals surface area contributed by atoms with Crippen LogP contribution in [0.2, 0.25) is 0 Å². The molecule has 0 atom stereocenters. The second-order valence-corrected chi connectivity index (χ2v) is 10.6. The molecule has 0 N–H and O–H groups in total. The van der Waals surface area contributed by atoms with Gasteiger partial charge in [-0.3, -0.25) is 0 Å². The molecule has 2 aliphatic rings. The van der Waals surface area contributed by atoms with E-state index in [0.29, 0.717) is 0 Å². The first-order valence-electron chi connectivity index (χ1n) is 13.7. The number of halogens is 1. The van der Waals surface area contributed by atoms with Gasteiger partial charge < -0.3 is 0 Å². The third kappa shape index (κ3) is 9.11. The lowest BCUT2D eigenvalue weighted by atomic mass is 9.68. The van der Waals surface area contributed by atoms with Gasteiger partial charge in [0, 0.05) is 0 Å². The Morgan fingerprint density at radius 1 is 0.879 bits per heavy atom.